The summed E-state index contributed by atoms with van der Waals surface area (Å²) in [6, 6.07) is 4.72. The summed E-state index contributed by atoms with van der Waals surface area (Å²) >= 11 is 0. The molecule has 13 heavy (non-hydrogen) atoms. The van der Waals surface area contributed by atoms with Gasteiger partial charge in [-0.15, -0.1) is 0 Å². The first kappa shape index (κ1) is 9.45. The molecule has 1 aromatic rings. The van der Waals surface area contributed by atoms with Crippen molar-refractivity contribution < 1.29 is 10.2 Å². The molecule has 0 heterocycles. The van der Waals surface area contributed by atoms with E-state index in [-0.39, 0.29) is 11.5 Å². The van der Waals surface area contributed by atoms with E-state index in [4.69, 9.17) is 10.2 Å². The van der Waals surface area contributed by atoms with E-state index in [9.17, 15) is 0 Å². The van der Waals surface area contributed by atoms with Crippen molar-refractivity contribution in [3.05, 3.63) is 36.0 Å². The predicted octanol–water partition coefficient (Wildman–Crippen LogP) is 1.72. The molecule has 0 aliphatic carbocycles. The maximum Gasteiger partial charge on any atom is 0.157 e. The number of hydrogen-bond acceptors (Lipinski definition) is 3. The number of phenols is 2. The maximum absolute atomic E-state index is 9.17. The summed E-state index contributed by atoms with van der Waals surface area (Å²) in [5, 5.41) is 21.2. The van der Waals surface area contributed by atoms with Crippen molar-refractivity contribution in [1.29, 1.82) is 0 Å². The normalized spacial score (nSPS) is 9.62. The van der Waals surface area contributed by atoms with Crippen LogP contribution in [-0.4, -0.2) is 10.2 Å². The molecule has 0 unspecified atom stereocenters. The van der Waals surface area contributed by atoms with Gasteiger partial charge in [-0.1, -0.05) is 12.6 Å². The van der Waals surface area contributed by atoms with Crippen LogP contribution in [0.5, 0.6) is 11.5 Å². The zero-order chi connectivity index (χ0) is 9.84. The highest BCUT2D eigenvalue weighted by atomic mass is 16.3. The summed E-state index contributed by atoms with van der Waals surface area (Å²) in [7, 11) is 0. The molecule has 0 amide bonds. The Labute approximate surface area is 77.3 Å². The zero-order valence-corrected chi connectivity index (χ0v) is 7.54. The number of aromatic hydroxyl groups is 2. The van der Waals surface area contributed by atoms with Gasteiger partial charge in [0.2, 0.25) is 0 Å². The van der Waals surface area contributed by atoms with Gasteiger partial charge in [0, 0.05) is 12.2 Å². The minimum absolute atomic E-state index is 0.0963. The number of benzene rings is 1. The third kappa shape index (κ3) is 2.71. The molecule has 0 aliphatic heterocycles. The van der Waals surface area contributed by atoms with Gasteiger partial charge in [-0.05, 0) is 24.6 Å². The van der Waals surface area contributed by atoms with Crippen molar-refractivity contribution in [2.24, 2.45) is 0 Å². The molecule has 0 spiro atoms. The quantitative estimate of drug-likeness (QED) is 0.619. The lowest BCUT2D eigenvalue weighted by atomic mass is 10.2. The van der Waals surface area contributed by atoms with Crippen LogP contribution in [0, 0.1) is 0 Å². The lowest BCUT2D eigenvalue weighted by Gasteiger charge is -2.06. The zero-order valence-electron chi connectivity index (χ0n) is 7.54. The molecular weight excluding hydrogens is 166 g/mol. The van der Waals surface area contributed by atoms with Crippen LogP contribution in [0.25, 0.3) is 0 Å². The van der Waals surface area contributed by atoms with E-state index in [1.54, 1.807) is 6.07 Å². The number of allylic oxidation sites excluding steroid dienone is 1. The van der Waals surface area contributed by atoms with Crippen molar-refractivity contribution in [2.75, 3.05) is 0 Å². The minimum Gasteiger partial charge on any atom is -0.504 e. The topological polar surface area (TPSA) is 52.5 Å². The summed E-state index contributed by atoms with van der Waals surface area (Å²) in [6.07, 6.45) is 0. The van der Waals surface area contributed by atoms with E-state index in [1.807, 2.05) is 6.92 Å². The Bertz CT molecular complexity index is 321. The second-order valence-corrected chi connectivity index (χ2v) is 2.96. The smallest absolute Gasteiger partial charge is 0.157 e. The summed E-state index contributed by atoms with van der Waals surface area (Å²) < 4.78 is 0. The minimum atomic E-state index is -0.0981. The summed E-state index contributed by atoms with van der Waals surface area (Å²) in [6.45, 7) is 6.15. The Kier molecular flexibility index (Phi) is 2.80. The molecule has 0 saturated carbocycles. The van der Waals surface area contributed by atoms with Gasteiger partial charge < -0.3 is 15.5 Å². The Morgan fingerprint density at radius 2 is 2.08 bits per heavy atom. The van der Waals surface area contributed by atoms with Crippen LogP contribution >= 0.6 is 0 Å². The maximum atomic E-state index is 9.17. The summed E-state index contributed by atoms with van der Waals surface area (Å²) in [5.41, 5.74) is 1.77. The molecule has 0 fully saturated rings. The fourth-order valence-electron chi connectivity index (χ4n) is 0.932. The van der Waals surface area contributed by atoms with E-state index < -0.39 is 0 Å². The second kappa shape index (κ2) is 3.85. The van der Waals surface area contributed by atoms with Gasteiger partial charge in [-0.3, -0.25) is 0 Å². The first-order chi connectivity index (χ1) is 6.09. The van der Waals surface area contributed by atoms with Crippen LogP contribution in [0.3, 0.4) is 0 Å². The molecule has 1 rings (SSSR count). The van der Waals surface area contributed by atoms with E-state index in [1.165, 1.54) is 12.1 Å². The Morgan fingerprint density at radius 3 is 2.62 bits per heavy atom. The fourth-order valence-corrected chi connectivity index (χ4v) is 0.932. The first-order valence-electron chi connectivity index (χ1n) is 4.00. The average molecular weight is 179 g/mol. The SMILES string of the molecule is C=C(C)NCc1ccc(O)c(O)c1. The fraction of sp³-hybridized carbons (Fsp3) is 0.200. The number of hydrogen-bond donors (Lipinski definition) is 3. The van der Waals surface area contributed by atoms with E-state index in [0.717, 1.165) is 11.3 Å². The molecule has 0 saturated heterocycles. The van der Waals surface area contributed by atoms with E-state index in [2.05, 4.69) is 11.9 Å². The van der Waals surface area contributed by atoms with Crippen LogP contribution in [0.15, 0.2) is 30.5 Å². The van der Waals surface area contributed by atoms with Gasteiger partial charge >= 0.3 is 0 Å². The van der Waals surface area contributed by atoms with Crippen molar-refractivity contribution in [2.45, 2.75) is 13.5 Å². The van der Waals surface area contributed by atoms with Gasteiger partial charge in [-0.2, -0.15) is 0 Å². The van der Waals surface area contributed by atoms with Crippen molar-refractivity contribution in [1.82, 2.24) is 5.32 Å². The molecule has 70 valence electrons. The van der Waals surface area contributed by atoms with Crippen LogP contribution in [0.4, 0.5) is 0 Å². The Morgan fingerprint density at radius 1 is 1.38 bits per heavy atom. The van der Waals surface area contributed by atoms with Crippen LogP contribution in [-0.2, 0) is 6.54 Å². The van der Waals surface area contributed by atoms with Gasteiger partial charge in [0.1, 0.15) is 0 Å². The van der Waals surface area contributed by atoms with Gasteiger partial charge in [0.25, 0.3) is 0 Å². The molecule has 0 radical (unpaired) electrons. The molecule has 1 aromatic carbocycles. The van der Waals surface area contributed by atoms with E-state index in [0.29, 0.717) is 6.54 Å². The molecule has 3 heteroatoms. The van der Waals surface area contributed by atoms with Crippen LogP contribution in [0.2, 0.25) is 0 Å². The molecule has 3 nitrogen and oxygen atoms in total. The second-order valence-electron chi connectivity index (χ2n) is 2.96. The highest BCUT2D eigenvalue weighted by Gasteiger charge is 1.99. The standard InChI is InChI=1S/C10H13NO2/c1-7(2)11-6-8-3-4-9(12)10(13)5-8/h3-5,11-13H,1,6H2,2H3. The Hall–Kier alpha value is -1.64. The molecular formula is C10H13NO2. The summed E-state index contributed by atoms with van der Waals surface area (Å²) in [5.74, 6) is -0.194. The van der Waals surface area contributed by atoms with Gasteiger partial charge in [0.15, 0.2) is 11.5 Å². The van der Waals surface area contributed by atoms with Crippen molar-refractivity contribution in [3.8, 4) is 11.5 Å². The highest BCUT2D eigenvalue weighted by Crippen LogP contribution is 2.24. The lowest BCUT2D eigenvalue weighted by Crippen LogP contribution is -2.08. The highest BCUT2D eigenvalue weighted by molar-refractivity contribution is 5.40. The monoisotopic (exact) mass is 179 g/mol. The van der Waals surface area contributed by atoms with Crippen molar-refractivity contribution in [3.63, 3.8) is 0 Å². The third-order valence-corrected chi connectivity index (χ3v) is 1.63. The summed E-state index contributed by atoms with van der Waals surface area (Å²) in [4.78, 5) is 0. The van der Waals surface area contributed by atoms with E-state index >= 15 is 0 Å². The van der Waals surface area contributed by atoms with Crippen LogP contribution in [0.1, 0.15) is 12.5 Å². The lowest BCUT2D eigenvalue weighted by molar-refractivity contribution is 0.403. The van der Waals surface area contributed by atoms with Gasteiger partial charge in [0.05, 0.1) is 0 Å². The number of phenolic OH excluding ortho intramolecular Hbond substituents is 2. The Balaban J connectivity index is 2.68. The number of nitrogens with one attached hydrogen (secondary N) is 1. The first-order valence-corrected chi connectivity index (χ1v) is 4.00. The van der Waals surface area contributed by atoms with Crippen LogP contribution < -0.4 is 5.32 Å². The van der Waals surface area contributed by atoms with Gasteiger partial charge in [-0.25, -0.2) is 0 Å². The molecule has 0 atom stereocenters. The predicted molar refractivity (Wildman–Crippen MR) is 51.4 cm³/mol. The molecule has 0 bridgehead atoms. The number of rotatable bonds is 3. The average Bonchev–Trinajstić information content (AvgIpc) is 2.07. The van der Waals surface area contributed by atoms with Crippen molar-refractivity contribution >= 4 is 0 Å². The largest absolute Gasteiger partial charge is 0.504 e. The molecule has 0 aliphatic rings. The third-order valence-electron chi connectivity index (χ3n) is 1.63. The molecule has 3 N–H and O–H groups in total. The molecule has 0 aromatic heterocycles.